The van der Waals surface area contributed by atoms with Crippen LogP contribution in [-0.2, 0) is 43.5 Å². The Bertz CT molecular complexity index is 1800. The third-order valence-corrected chi connectivity index (χ3v) is 13.2. The van der Waals surface area contributed by atoms with E-state index in [0.29, 0.717) is 61.3 Å². The van der Waals surface area contributed by atoms with E-state index in [-0.39, 0.29) is 30.7 Å². The van der Waals surface area contributed by atoms with Crippen LogP contribution < -0.4 is 5.32 Å². The Labute approximate surface area is 328 Å². The molecule has 1 aromatic carbocycles. The summed E-state index contributed by atoms with van der Waals surface area (Å²) in [7, 11) is 0. The predicted octanol–water partition coefficient (Wildman–Crippen LogP) is 5.11. The average molecular weight is 776 g/mol. The Morgan fingerprint density at radius 1 is 1.02 bits per heavy atom. The Kier molecular flexibility index (Phi) is 11.5. The molecule has 7 rings (SSSR count). The number of aliphatic hydroxyl groups is 3. The lowest BCUT2D eigenvalue weighted by Gasteiger charge is -2.49. The van der Waals surface area contributed by atoms with Crippen LogP contribution in [0.3, 0.4) is 0 Å². The molecule has 1 saturated carbocycles. The molecular weight excluding hydrogens is 718 g/mol. The number of anilines is 1. The summed E-state index contributed by atoms with van der Waals surface area (Å²) in [6.07, 6.45) is 10.1. The van der Waals surface area contributed by atoms with Gasteiger partial charge in [-0.2, -0.15) is 0 Å². The quantitative estimate of drug-likeness (QED) is 0.232. The first-order valence-corrected chi connectivity index (χ1v) is 20.2. The molecule has 4 aliphatic heterocycles. The van der Waals surface area contributed by atoms with Crippen LogP contribution in [0.2, 0.25) is 0 Å². The van der Waals surface area contributed by atoms with Crippen LogP contribution in [0.1, 0.15) is 91.5 Å². The summed E-state index contributed by atoms with van der Waals surface area (Å²) in [5, 5.41) is 35.3. The van der Waals surface area contributed by atoms with Gasteiger partial charge in [0.05, 0.1) is 24.2 Å². The molecule has 1 aromatic rings. The van der Waals surface area contributed by atoms with Crippen LogP contribution in [-0.4, -0.2) is 94.4 Å². The molecule has 0 radical (unpaired) electrons. The molecule has 0 aromatic heterocycles. The highest BCUT2D eigenvalue weighted by molar-refractivity contribution is 5.91. The lowest BCUT2D eigenvalue weighted by Crippen LogP contribution is -2.58. The van der Waals surface area contributed by atoms with Crippen molar-refractivity contribution in [3.05, 3.63) is 76.9 Å². The van der Waals surface area contributed by atoms with E-state index in [1.807, 2.05) is 39.0 Å². The number of fused-ring (bicyclic) bond motifs is 2. The Morgan fingerprint density at radius 3 is 2.45 bits per heavy atom. The van der Waals surface area contributed by atoms with Crippen molar-refractivity contribution in [3.63, 3.8) is 0 Å². The smallest absolute Gasteiger partial charge is 0.317 e. The lowest BCUT2D eigenvalue weighted by molar-refractivity contribution is -0.332. The number of ether oxygens (including phenoxy) is 5. The number of hydrogen-bond acceptors (Lipinski definition) is 11. The second kappa shape index (κ2) is 15.9. The number of carbonyl (C=O) groups is 3. The van der Waals surface area contributed by atoms with Crippen molar-refractivity contribution in [2.24, 2.45) is 17.8 Å². The minimum Gasteiger partial charge on any atom is -0.462 e. The van der Waals surface area contributed by atoms with Crippen molar-refractivity contribution in [3.8, 4) is 0 Å². The van der Waals surface area contributed by atoms with E-state index in [2.05, 4.69) is 18.3 Å². The minimum absolute atomic E-state index is 0.0105. The molecular formula is C44H57NO11. The zero-order valence-corrected chi connectivity index (χ0v) is 33.1. The maximum absolute atomic E-state index is 14.3. The van der Waals surface area contributed by atoms with Crippen molar-refractivity contribution in [1.82, 2.24) is 0 Å². The molecule has 56 heavy (non-hydrogen) atoms. The van der Waals surface area contributed by atoms with Gasteiger partial charge in [0, 0.05) is 30.9 Å². The van der Waals surface area contributed by atoms with Crippen LogP contribution in [0.5, 0.6) is 0 Å². The first-order valence-electron chi connectivity index (χ1n) is 20.2. The topological polar surface area (TPSA) is 170 Å². The van der Waals surface area contributed by atoms with Crippen LogP contribution in [0.4, 0.5) is 5.69 Å². The number of amides is 1. The van der Waals surface area contributed by atoms with E-state index >= 15 is 0 Å². The summed E-state index contributed by atoms with van der Waals surface area (Å²) in [6, 6.07) is 7.10. The van der Waals surface area contributed by atoms with Gasteiger partial charge in [-0.3, -0.25) is 14.4 Å². The molecule has 2 bridgehead atoms. The lowest BCUT2D eigenvalue weighted by atomic mass is 9.64. The van der Waals surface area contributed by atoms with Gasteiger partial charge >= 0.3 is 11.9 Å². The average Bonchev–Trinajstić information content (AvgIpc) is 3.49. The van der Waals surface area contributed by atoms with Crippen LogP contribution in [0.25, 0.3) is 0 Å². The van der Waals surface area contributed by atoms with E-state index < -0.39 is 65.6 Å². The minimum atomic E-state index is -1.84. The fraction of sp³-hybridized carbons (Fsp3) is 0.614. The number of hydrogen-bond donors (Lipinski definition) is 4. The highest BCUT2D eigenvalue weighted by atomic mass is 16.7. The van der Waals surface area contributed by atoms with Gasteiger partial charge in [0.2, 0.25) is 5.91 Å². The zero-order valence-electron chi connectivity index (χ0n) is 33.1. The highest BCUT2D eigenvalue weighted by Gasteiger charge is 2.60. The molecule has 4 N–H and O–H groups in total. The largest absolute Gasteiger partial charge is 0.462 e. The van der Waals surface area contributed by atoms with Crippen molar-refractivity contribution < 1.29 is 53.4 Å². The molecule has 1 amide bonds. The second-order valence-corrected chi connectivity index (χ2v) is 17.0. The van der Waals surface area contributed by atoms with Crippen molar-refractivity contribution in [2.45, 2.75) is 139 Å². The molecule has 4 heterocycles. The molecule has 3 saturated heterocycles. The van der Waals surface area contributed by atoms with Gasteiger partial charge in [-0.15, -0.1) is 0 Å². The second-order valence-electron chi connectivity index (χ2n) is 17.0. The van der Waals surface area contributed by atoms with Crippen molar-refractivity contribution in [1.29, 1.82) is 0 Å². The fourth-order valence-electron chi connectivity index (χ4n) is 9.44. The zero-order chi connectivity index (χ0) is 40.0. The maximum Gasteiger partial charge on any atom is 0.317 e. The van der Waals surface area contributed by atoms with E-state index in [9.17, 15) is 24.6 Å². The number of nitrogens with one attached hydrogen (secondary N) is 1. The van der Waals surface area contributed by atoms with Gasteiger partial charge in [0.1, 0.15) is 42.5 Å². The summed E-state index contributed by atoms with van der Waals surface area (Å²) >= 11 is 0. The monoisotopic (exact) mass is 775 g/mol. The number of esters is 2. The third kappa shape index (κ3) is 7.56. The first-order chi connectivity index (χ1) is 26.7. The van der Waals surface area contributed by atoms with Gasteiger partial charge in [-0.05, 0) is 86.8 Å². The summed E-state index contributed by atoms with van der Waals surface area (Å²) in [6.45, 7) is 9.23. The van der Waals surface area contributed by atoms with Crippen LogP contribution in [0, 0.1) is 17.8 Å². The highest BCUT2D eigenvalue weighted by Crippen LogP contribution is 2.48. The molecule has 6 aliphatic rings. The molecule has 4 fully saturated rings. The van der Waals surface area contributed by atoms with Crippen LogP contribution >= 0.6 is 0 Å². The summed E-state index contributed by atoms with van der Waals surface area (Å²) in [5.41, 5.74) is 0.446. The summed E-state index contributed by atoms with van der Waals surface area (Å²) in [5.74, 6) is -3.46. The van der Waals surface area contributed by atoms with Gasteiger partial charge in [0.25, 0.3) is 0 Å². The normalized spacial score (nSPS) is 40.7. The number of benzene rings is 1. The Balaban J connectivity index is 1.23. The number of allylic oxidation sites excluding steroid dienone is 2. The Hall–Kier alpha value is -3.65. The molecule has 304 valence electrons. The van der Waals surface area contributed by atoms with Crippen LogP contribution in [0.15, 0.2) is 71.4 Å². The maximum atomic E-state index is 14.3. The molecule has 11 atom stereocenters. The molecule has 2 aliphatic carbocycles. The molecule has 12 heteroatoms. The summed E-state index contributed by atoms with van der Waals surface area (Å²) < 4.78 is 32.2. The van der Waals surface area contributed by atoms with E-state index in [4.69, 9.17) is 28.8 Å². The molecule has 12 nitrogen and oxygen atoms in total. The third-order valence-electron chi connectivity index (χ3n) is 13.2. The molecule has 1 spiro atoms. The van der Waals surface area contributed by atoms with E-state index in [1.165, 1.54) is 0 Å². The van der Waals surface area contributed by atoms with Gasteiger partial charge in [0.15, 0.2) is 5.79 Å². The summed E-state index contributed by atoms with van der Waals surface area (Å²) in [4.78, 5) is 40.2. The van der Waals surface area contributed by atoms with Gasteiger partial charge < -0.3 is 44.3 Å². The van der Waals surface area contributed by atoms with Gasteiger partial charge in [-0.25, -0.2) is 0 Å². The van der Waals surface area contributed by atoms with Crippen molar-refractivity contribution in [2.75, 3.05) is 18.5 Å². The number of rotatable bonds is 5. The standard InChI is InChI=1S/C44H57NO11/c1-25-16-19-43(55-29(25)5)22-34-21-33(56-43)15-10-27(3)38(54-41(50)42(17-7-18-42)30-11-13-32(14-12-30)45-36(47)23-46)26(2)8-6-9-31-24-52-39-37(48)28(4)20-35(40(49)53-34)44(31,39)51/h6,8-14,20,25-26,29,33-35,37-39,46,48,51H,7,15-19,21-24H2,1-5H3,(H,45,47)/b8-6+,27-10+,31-9+/t25-,26-,29+,33+,34-,35-,37+,38+,39+,43-,44+/m0/s1. The number of aliphatic hydroxyl groups excluding tert-OH is 2. The van der Waals surface area contributed by atoms with Crippen molar-refractivity contribution >= 4 is 23.5 Å². The van der Waals surface area contributed by atoms with E-state index in [0.717, 1.165) is 24.0 Å². The first kappa shape index (κ1) is 40.5. The predicted molar refractivity (Wildman–Crippen MR) is 206 cm³/mol. The SMILES string of the molecule is CC1=C[C@H]2C(=O)O[C@H]3C[C@@H](C/C=C(\C)[C@H](OC(=O)C4(c5ccc(NC(=O)CO)cc5)CCC4)[C@@H](C)/C=C/C=C4\CO[C@H]([C@@H]1O)[C@@]42O)O[C@@]1(CC[C@H](C)[C@@H](C)O1)C3. The van der Waals surface area contributed by atoms with Gasteiger partial charge in [-0.1, -0.05) is 62.8 Å². The molecule has 0 unspecified atom stereocenters. The van der Waals surface area contributed by atoms with E-state index in [1.54, 1.807) is 37.3 Å². The number of carbonyl (C=O) groups excluding carboxylic acids is 3. The fourth-order valence-corrected chi connectivity index (χ4v) is 9.44. The Morgan fingerprint density at radius 2 is 1.77 bits per heavy atom.